The monoisotopic (exact) mass is 610 g/mol. The second-order valence-electron chi connectivity index (χ2n) is 10.7. The molecule has 0 spiro atoms. The largest absolute Gasteiger partial charge is 0.483 e. The number of halogens is 3. The highest BCUT2D eigenvalue weighted by Gasteiger charge is 2.31. The Morgan fingerprint density at radius 1 is 1.11 bits per heavy atom. The third-order valence-corrected chi connectivity index (χ3v) is 8.05. The molecule has 2 amide bonds. The van der Waals surface area contributed by atoms with Crippen molar-refractivity contribution in [3.05, 3.63) is 62.0 Å². The van der Waals surface area contributed by atoms with Crippen molar-refractivity contribution >= 4 is 50.9 Å². The van der Waals surface area contributed by atoms with Gasteiger partial charge >= 0.3 is 0 Å². The molecule has 1 unspecified atom stereocenters. The van der Waals surface area contributed by atoms with E-state index in [-0.39, 0.29) is 36.4 Å². The van der Waals surface area contributed by atoms with Crippen LogP contribution in [0.15, 0.2) is 40.9 Å². The van der Waals surface area contributed by atoms with Crippen molar-refractivity contribution in [1.29, 1.82) is 0 Å². The number of hydrogen-bond acceptors (Lipinski definition) is 3. The Morgan fingerprint density at radius 3 is 2.41 bits per heavy atom. The SMILES string of the molecule is CCC(C(=O)NC1CCCCC1)N(Cc1ccc(Cl)cc1Cl)C(=O)COc1ccc(C(C)(C)C)cc1Br. The Morgan fingerprint density at radius 2 is 1.81 bits per heavy atom. The van der Waals surface area contributed by atoms with Crippen LogP contribution in [-0.4, -0.2) is 35.4 Å². The lowest BCUT2D eigenvalue weighted by Gasteiger charge is -2.33. The van der Waals surface area contributed by atoms with E-state index in [1.807, 2.05) is 25.1 Å². The second kappa shape index (κ2) is 13.3. The van der Waals surface area contributed by atoms with Crippen LogP contribution in [-0.2, 0) is 21.5 Å². The molecule has 0 aliphatic heterocycles. The first-order valence-corrected chi connectivity index (χ1v) is 14.5. The molecule has 0 heterocycles. The minimum atomic E-state index is -0.642. The van der Waals surface area contributed by atoms with Gasteiger partial charge in [-0.3, -0.25) is 9.59 Å². The van der Waals surface area contributed by atoms with Gasteiger partial charge in [-0.05, 0) is 76.0 Å². The van der Waals surface area contributed by atoms with E-state index in [0.717, 1.165) is 41.3 Å². The van der Waals surface area contributed by atoms with Crippen molar-refractivity contribution in [3.8, 4) is 5.75 Å². The van der Waals surface area contributed by atoms with Crippen molar-refractivity contribution < 1.29 is 14.3 Å². The average Bonchev–Trinajstić information content (AvgIpc) is 2.84. The first-order chi connectivity index (χ1) is 17.5. The summed E-state index contributed by atoms with van der Waals surface area (Å²) in [6, 6.07) is 10.6. The highest BCUT2D eigenvalue weighted by Crippen LogP contribution is 2.32. The molecule has 0 bridgehead atoms. The minimum Gasteiger partial charge on any atom is -0.483 e. The van der Waals surface area contributed by atoms with Gasteiger partial charge in [0.1, 0.15) is 11.8 Å². The summed E-state index contributed by atoms with van der Waals surface area (Å²) in [5.74, 6) is 0.150. The molecule has 8 heteroatoms. The van der Waals surface area contributed by atoms with Gasteiger partial charge in [-0.15, -0.1) is 0 Å². The maximum Gasteiger partial charge on any atom is 0.261 e. The summed E-state index contributed by atoms with van der Waals surface area (Å²) < 4.78 is 6.71. The zero-order valence-electron chi connectivity index (χ0n) is 22.1. The lowest BCUT2D eigenvalue weighted by molar-refractivity contribution is -0.143. The molecule has 1 atom stereocenters. The maximum atomic E-state index is 13.6. The number of ether oxygens (including phenoxy) is 1. The van der Waals surface area contributed by atoms with Gasteiger partial charge in [0.2, 0.25) is 5.91 Å². The van der Waals surface area contributed by atoms with Crippen molar-refractivity contribution in [2.45, 2.75) is 90.3 Å². The van der Waals surface area contributed by atoms with Crippen molar-refractivity contribution in [3.63, 3.8) is 0 Å². The Kier molecular flexibility index (Phi) is 10.7. The molecule has 37 heavy (non-hydrogen) atoms. The number of benzene rings is 2. The van der Waals surface area contributed by atoms with Crippen LogP contribution in [0.1, 0.15) is 77.3 Å². The summed E-state index contributed by atoms with van der Waals surface area (Å²) in [4.78, 5) is 28.5. The van der Waals surface area contributed by atoms with Crippen LogP contribution in [0.5, 0.6) is 5.75 Å². The number of carbonyl (C=O) groups excluding carboxylic acids is 2. The molecule has 2 aromatic carbocycles. The lowest BCUT2D eigenvalue weighted by Crippen LogP contribution is -2.52. The molecular formula is C29H37BrCl2N2O3. The van der Waals surface area contributed by atoms with E-state index in [0.29, 0.717) is 22.2 Å². The van der Waals surface area contributed by atoms with E-state index in [2.05, 4.69) is 42.0 Å². The van der Waals surface area contributed by atoms with Crippen LogP contribution in [0.4, 0.5) is 0 Å². The van der Waals surface area contributed by atoms with Gasteiger partial charge in [-0.1, -0.05) is 82.3 Å². The van der Waals surface area contributed by atoms with Gasteiger partial charge < -0.3 is 15.0 Å². The van der Waals surface area contributed by atoms with Crippen LogP contribution in [0.3, 0.4) is 0 Å². The Balaban J connectivity index is 1.80. The third-order valence-electron chi connectivity index (χ3n) is 6.84. The van der Waals surface area contributed by atoms with Gasteiger partial charge in [-0.2, -0.15) is 0 Å². The molecule has 1 aliphatic carbocycles. The molecule has 1 aliphatic rings. The fourth-order valence-corrected chi connectivity index (χ4v) is 5.57. The van der Waals surface area contributed by atoms with E-state index in [4.69, 9.17) is 27.9 Å². The average molecular weight is 612 g/mol. The van der Waals surface area contributed by atoms with Gasteiger partial charge in [0, 0.05) is 22.6 Å². The second-order valence-corrected chi connectivity index (χ2v) is 12.4. The van der Waals surface area contributed by atoms with Gasteiger partial charge in [0.05, 0.1) is 4.47 Å². The zero-order chi connectivity index (χ0) is 27.2. The highest BCUT2D eigenvalue weighted by atomic mass is 79.9. The van der Waals surface area contributed by atoms with Crippen LogP contribution < -0.4 is 10.1 Å². The summed E-state index contributed by atoms with van der Waals surface area (Å²) in [6.45, 7) is 8.31. The molecule has 2 aromatic rings. The molecule has 202 valence electrons. The molecule has 1 N–H and O–H groups in total. The number of amides is 2. The highest BCUT2D eigenvalue weighted by molar-refractivity contribution is 9.10. The molecule has 0 aromatic heterocycles. The summed E-state index contributed by atoms with van der Waals surface area (Å²) in [7, 11) is 0. The molecule has 1 fully saturated rings. The first-order valence-electron chi connectivity index (χ1n) is 13.0. The molecule has 0 radical (unpaired) electrons. The van der Waals surface area contributed by atoms with Gasteiger partial charge in [0.25, 0.3) is 5.91 Å². The fourth-order valence-electron chi connectivity index (χ4n) is 4.60. The Bertz CT molecular complexity index is 1100. The van der Waals surface area contributed by atoms with E-state index in [1.165, 1.54) is 6.42 Å². The van der Waals surface area contributed by atoms with Crippen LogP contribution in [0, 0.1) is 0 Å². The van der Waals surface area contributed by atoms with Crippen molar-refractivity contribution in [2.75, 3.05) is 6.61 Å². The minimum absolute atomic E-state index is 0.00837. The normalized spacial score (nSPS) is 15.2. The lowest BCUT2D eigenvalue weighted by atomic mass is 9.87. The van der Waals surface area contributed by atoms with Crippen LogP contribution >= 0.6 is 39.1 Å². The number of rotatable bonds is 9. The Hall–Kier alpha value is -1.76. The topological polar surface area (TPSA) is 58.6 Å². The van der Waals surface area contributed by atoms with Crippen molar-refractivity contribution in [1.82, 2.24) is 10.2 Å². The third kappa shape index (κ3) is 8.36. The fraction of sp³-hybridized carbons (Fsp3) is 0.517. The van der Waals surface area contributed by atoms with Gasteiger partial charge in [-0.25, -0.2) is 0 Å². The van der Waals surface area contributed by atoms with Crippen LogP contribution in [0.25, 0.3) is 0 Å². The Labute approximate surface area is 239 Å². The van der Waals surface area contributed by atoms with Crippen LogP contribution in [0.2, 0.25) is 10.0 Å². The summed E-state index contributed by atoms with van der Waals surface area (Å²) in [5, 5.41) is 4.15. The van der Waals surface area contributed by atoms with Gasteiger partial charge in [0.15, 0.2) is 6.61 Å². The smallest absolute Gasteiger partial charge is 0.261 e. The standard InChI is InChI=1S/C29H37BrCl2N2O3/c1-5-25(28(36)33-22-9-7-6-8-10-22)34(17-19-11-13-21(31)16-24(19)32)27(35)18-37-26-14-12-20(15-23(26)30)29(2,3)4/h11-16,22,25H,5-10,17-18H2,1-4H3,(H,33,36). The van der Waals surface area contributed by atoms with E-state index in [1.54, 1.807) is 23.1 Å². The first kappa shape index (κ1) is 29.8. The predicted molar refractivity (Wildman–Crippen MR) is 154 cm³/mol. The van der Waals surface area contributed by atoms with Crippen molar-refractivity contribution in [2.24, 2.45) is 0 Å². The van der Waals surface area contributed by atoms with E-state index >= 15 is 0 Å². The number of carbonyl (C=O) groups is 2. The predicted octanol–water partition coefficient (Wildman–Crippen LogP) is 7.69. The maximum absolute atomic E-state index is 13.6. The summed E-state index contributed by atoms with van der Waals surface area (Å²) in [5.41, 5.74) is 1.87. The zero-order valence-corrected chi connectivity index (χ0v) is 25.2. The summed E-state index contributed by atoms with van der Waals surface area (Å²) >= 11 is 16.1. The molecule has 1 saturated carbocycles. The molecule has 3 rings (SSSR count). The van der Waals surface area contributed by atoms with E-state index < -0.39 is 6.04 Å². The quantitative estimate of drug-likeness (QED) is 0.316. The molecule has 5 nitrogen and oxygen atoms in total. The molecular weight excluding hydrogens is 575 g/mol. The van der Waals surface area contributed by atoms with E-state index in [9.17, 15) is 9.59 Å². The summed E-state index contributed by atoms with van der Waals surface area (Å²) in [6.07, 6.45) is 5.84. The number of hydrogen-bond donors (Lipinski definition) is 1. The number of nitrogens with one attached hydrogen (secondary N) is 1. The molecule has 0 saturated heterocycles. The number of nitrogens with zero attached hydrogens (tertiary/aromatic N) is 1.